The minimum atomic E-state index is -1.15. The second kappa shape index (κ2) is 8.29. The van der Waals surface area contributed by atoms with E-state index in [9.17, 15) is 9.59 Å². The number of carbonyl (C=O) groups is 2. The lowest BCUT2D eigenvalue weighted by Gasteiger charge is -2.15. The van der Waals surface area contributed by atoms with Gasteiger partial charge in [0.1, 0.15) is 6.04 Å². The summed E-state index contributed by atoms with van der Waals surface area (Å²) in [6.45, 7) is 0.432. The van der Waals surface area contributed by atoms with Crippen molar-refractivity contribution in [1.82, 2.24) is 10.6 Å². The molecule has 0 fully saturated rings. The minimum absolute atomic E-state index is 0.0141. The summed E-state index contributed by atoms with van der Waals surface area (Å²) in [5.74, 6) is -1.59. The van der Waals surface area contributed by atoms with E-state index in [1.807, 2.05) is 19.2 Å². The summed E-state index contributed by atoms with van der Waals surface area (Å²) < 4.78 is 0. The number of carbonyl (C=O) groups excluding carboxylic acids is 1. The average Bonchev–Trinajstić information content (AvgIpc) is 2.44. The van der Waals surface area contributed by atoms with Crippen molar-refractivity contribution in [3.8, 4) is 0 Å². The predicted octanol–water partition coefficient (Wildman–Crippen LogP) is 0.0139. The van der Waals surface area contributed by atoms with Gasteiger partial charge in [-0.25, -0.2) is 4.79 Å². The molecule has 0 spiro atoms. The molecule has 0 saturated heterocycles. The van der Waals surface area contributed by atoms with Gasteiger partial charge >= 0.3 is 5.97 Å². The van der Waals surface area contributed by atoms with Crippen molar-refractivity contribution < 1.29 is 19.8 Å². The Kier molecular flexibility index (Phi) is 6.69. The number of aliphatic hydroxyl groups excluding tert-OH is 1. The number of carboxylic acid groups (broad SMARTS) is 1. The van der Waals surface area contributed by atoms with Crippen LogP contribution in [0.1, 0.15) is 22.3 Å². The van der Waals surface area contributed by atoms with E-state index in [2.05, 4.69) is 10.6 Å². The summed E-state index contributed by atoms with van der Waals surface area (Å²) in [7, 11) is 1.82. The lowest BCUT2D eigenvalue weighted by Crippen LogP contribution is -2.41. The third-order valence-corrected chi connectivity index (χ3v) is 2.93. The highest BCUT2D eigenvalue weighted by atomic mass is 16.4. The van der Waals surface area contributed by atoms with Gasteiger partial charge in [-0.2, -0.15) is 0 Å². The van der Waals surface area contributed by atoms with Gasteiger partial charge < -0.3 is 20.8 Å². The number of nitrogens with one attached hydrogen (secondary N) is 2. The van der Waals surface area contributed by atoms with Gasteiger partial charge in [0.2, 0.25) is 0 Å². The van der Waals surface area contributed by atoms with Gasteiger partial charge in [-0.1, -0.05) is 18.2 Å². The molecule has 0 unspecified atom stereocenters. The van der Waals surface area contributed by atoms with Gasteiger partial charge in [0.15, 0.2) is 0 Å². The van der Waals surface area contributed by atoms with Crippen LogP contribution in [0.2, 0.25) is 0 Å². The molecule has 0 aliphatic rings. The van der Waals surface area contributed by atoms with Gasteiger partial charge in [0, 0.05) is 18.6 Å². The summed E-state index contributed by atoms with van der Waals surface area (Å²) in [5.41, 5.74) is 1.32. The van der Waals surface area contributed by atoms with E-state index < -0.39 is 17.9 Å². The van der Waals surface area contributed by atoms with Crippen molar-refractivity contribution in [1.29, 1.82) is 0 Å². The molecule has 0 bridgehead atoms. The van der Waals surface area contributed by atoms with Crippen LogP contribution in [0, 0.1) is 0 Å². The molecule has 0 aromatic heterocycles. The number of rotatable bonds is 8. The van der Waals surface area contributed by atoms with Gasteiger partial charge in [-0.3, -0.25) is 4.79 Å². The molecule has 0 radical (unpaired) electrons. The molecule has 1 aromatic carbocycles. The minimum Gasteiger partial charge on any atom is -0.480 e. The molecule has 0 heterocycles. The van der Waals surface area contributed by atoms with E-state index in [1.165, 1.54) is 0 Å². The highest BCUT2D eigenvalue weighted by Gasteiger charge is 2.21. The Balaban J connectivity index is 2.82. The molecule has 6 nitrogen and oxygen atoms in total. The Morgan fingerprint density at radius 1 is 1.30 bits per heavy atom. The molecular weight excluding hydrogens is 260 g/mol. The first kappa shape index (κ1) is 16.1. The van der Waals surface area contributed by atoms with Crippen molar-refractivity contribution in [2.24, 2.45) is 0 Å². The molecule has 110 valence electrons. The first-order valence-corrected chi connectivity index (χ1v) is 6.47. The predicted molar refractivity (Wildman–Crippen MR) is 74.7 cm³/mol. The fourth-order valence-corrected chi connectivity index (χ4v) is 1.84. The SMILES string of the molecule is CNCCc1ccccc1C(=O)N[C@@H](CCO)C(=O)O. The van der Waals surface area contributed by atoms with E-state index in [4.69, 9.17) is 10.2 Å². The van der Waals surface area contributed by atoms with Crippen molar-refractivity contribution in [2.75, 3.05) is 20.2 Å². The van der Waals surface area contributed by atoms with Crippen LogP contribution in [0.15, 0.2) is 24.3 Å². The fourth-order valence-electron chi connectivity index (χ4n) is 1.84. The van der Waals surface area contributed by atoms with Crippen LogP contribution in [0.4, 0.5) is 0 Å². The third kappa shape index (κ3) is 4.64. The molecule has 1 rings (SSSR count). The second-order valence-electron chi connectivity index (χ2n) is 4.39. The van der Waals surface area contributed by atoms with Crippen LogP contribution in [0.3, 0.4) is 0 Å². The van der Waals surface area contributed by atoms with Gasteiger partial charge in [0.25, 0.3) is 5.91 Å². The molecule has 0 saturated carbocycles. The van der Waals surface area contributed by atoms with E-state index in [-0.39, 0.29) is 13.0 Å². The number of aliphatic hydroxyl groups is 1. The van der Waals surface area contributed by atoms with E-state index in [0.717, 1.165) is 12.1 Å². The Labute approximate surface area is 117 Å². The van der Waals surface area contributed by atoms with Gasteiger partial charge in [-0.05, 0) is 31.6 Å². The maximum Gasteiger partial charge on any atom is 0.326 e. The Morgan fingerprint density at radius 3 is 2.60 bits per heavy atom. The smallest absolute Gasteiger partial charge is 0.326 e. The van der Waals surface area contributed by atoms with Crippen LogP contribution in [-0.2, 0) is 11.2 Å². The zero-order valence-electron chi connectivity index (χ0n) is 11.4. The van der Waals surface area contributed by atoms with Crippen LogP contribution in [0.25, 0.3) is 0 Å². The van der Waals surface area contributed by atoms with Crippen molar-refractivity contribution in [2.45, 2.75) is 18.9 Å². The summed E-state index contributed by atoms with van der Waals surface area (Å²) in [6, 6.07) is 6.00. The molecule has 1 atom stereocenters. The fraction of sp³-hybridized carbons (Fsp3) is 0.429. The van der Waals surface area contributed by atoms with Crippen LogP contribution >= 0.6 is 0 Å². The number of hydrogen-bond donors (Lipinski definition) is 4. The highest BCUT2D eigenvalue weighted by Crippen LogP contribution is 2.10. The Hall–Kier alpha value is -1.92. The highest BCUT2D eigenvalue weighted by molar-refractivity contribution is 5.97. The van der Waals surface area contributed by atoms with E-state index in [1.54, 1.807) is 12.1 Å². The number of amides is 1. The Bertz CT molecular complexity index is 462. The first-order valence-electron chi connectivity index (χ1n) is 6.47. The second-order valence-corrected chi connectivity index (χ2v) is 4.39. The summed E-state index contributed by atoms with van der Waals surface area (Å²) in [4.78, 5) is 23.1. The van der Waals surface area contributed by atoms with Crippen molar-refractivity contribution in [3.05, 3.63) is 35.4 Å². The molecule has 1 aromatic rings. The number of carboxylic acids is 1. The van der Waals surface area contributed by atoms with E-state index >= 15 is 0 Å². The third-order valence-electron chi connectivity index (χ3n) is 2.93. The average molecular weight is 280 g/mol. The maximum atomic E-state index is 12.1. The molecule has 6 heteroatoms. The summed E-state index contributed by atoms with van der Waals surface area (Å²) >= 11 is 0. The molecule has 0 aliphatic heterocycles. The Morgan fingerprint density at radius 2 is 2.00 bits per heavy atom. The molecule has 4 N–H and O–H groups in total. The van der Waals surface area contributed by atoms with Crippen molar-refractivity contribution >= 4 is 11.9 Å². The quantitative estimate of drug-likeness (QED) is 0.538. The zero-order chi connectivity index (χ0) is 15.0. The van der Waals surface area contributed by atoms with Crippen LogP contribution < -0.4 is 10.6 Å². The normalized spacial score (nSPS) is 11.9. The number of benzene rings is 1. The zero-order valence-corrected chi connectivity index (χ0v) is 11.4. The molecule has 0 aliphatic carbocycles. The first-order chi connectivity index (χ1) is 9.60. The lowest BCUT2D eigenvalue weighted by atomic mass is 10.0. The summed E-state index contributed by atoms with van der Waals surface area (Å²) in [5, 5.41) is 23.2. The molecule has 1 amide bonds. The van der Waals surface area contributed by atoms with Gasteiger partial charge in [-0.15, -0.1) is 0 Å². The largest absolute Gasteiger partial charge is 0.480 e. The van der Waals surface area contributed by atoms with Crippen LogP contribution in [-0.4, -0.2) is 48.3 Å². The number of aliphatic carboxylic acids is 1. The van der Waals surface area contributed by atoms with Crippen molar-refractivity contribution in [3.63, 3.8) is 0 Å². The lowest BCUT2D eigenvalue weighted by molar-refractivity contribution is -0.139. The van der Waals surface area contributed by atoms with Gasteiger partial charge in [0.05, 0.1) is 0 Å². The monoisotopic (exact) mass is 280 g/mol. The van der Waals surface area contributed by atoms with Crippen LogP contribution in [0.5, 0.6) is 0 Å². The molecule has 20 heavy (non-hydrogen) atoms. The van der Waals surface area contributed by atoms with E-state index in [0.29, 0.717) is 12.0 Å². The number of likely N-dealkylation sites (N-methyl/N-ethyl adjacent to an activating group) is 1. The topological polar surface area (TPSA) is 98.7 Å². The standard InChI is InChI=1S/C14H20N2O4/c1-15-8-6-10-4-2-3-5-11(10)13(18)16-12(7-9-17)14(19)20/h2-5,12,15,17H,6-9H2,1H3,(H,16,18)(H,19,20)/t12-/m0/s1. The molecular formula is C14H20N2O4. The number of hydrogen-bond acceptors (Lipinski definition) is 4. The maximum absolute atomic E-state index is 12.1. The summed E-state index contributed by atoms with van der Waals surface area (Å²) in [6.07, 6.45) is 0.664.